The number of ether oxygens (including phenoxy) is 6. The number of rotatable bonds is 1. The third-order valence-corrected chi connectivity index (χ3v) is 7.66. The summed E-state index contributed by atoms with van der Waals surface area (Å²) in [7, 11) is 0. The van der Waals surface area contributed by atoms with E-state index in [4.69, 9.17) is 28.4 Å². The van der Waals surface area contributed by atoms with Gasteiger partial charge in [-0.2, -0.15) is 0 Å². The van der Waals surface area contributed by atoms with Crippen molar-refractivity contribution in [1.29, 1.82) is 0 Å². The molecule has 4 saturated carbocycles. The molecule has 178 valence electrons. The molecule has 0 atom stereocenters. The average Bonchev–Trinajstić information content (AvgIpc) is 2.78. The Balaban J connectivity index is 1.32. The third-order valence-electron chi connectivity index (χ3n) is 7.66. The minimum Gasteiger partial charge on any atom is -0.487 e. The van der Waals surface area contributed by atoms with E-state index in [1.54, 1.807) is 0 Å². The monoisotopic (exact) mass is 446 g/mol. The molecule has 1 heterocycles. The Morgan fingerprint density at radius 1 is 0.562 bits per heavy atom. The maximum Gasteiger partial charge on any atom is 0.165 e. The van der Waals surface area contributed by atoms with Gasteiger partial charge in [0.25, 0.3) is 0 Å². The number of hydrogen-bond acceptors (Lipinski definition) is 6. The second-order valence-electron chi connectivity index (χ2n) is 9.98. The van der Waals surface area contributed by atoms with Crippen molar-refractivity contribution in [1.82, 2.24) is 0 Å². The number of benzene rings is 1. The van der Waals surface area contributed by atoms with Crippen LogP contribution in [0.1, 0.15) is 44.1 Å². The van der Waals surface area contributed by atoms with E-state index in [1.165, 1.54) is 44.1 Å². The van der Waals surface area contributed by atoms with Crippen molar-refractivity contribution >= 4 is 0 Å². The molecular weight excluding hydrogens is 408 g/mol. The Labute approximate surface area is 191 Å². The highest BCUT2D eigenvalue weighted by molar-refractivity contribution is 5.51. The summed E-state index contributed by atoms with van der Waals surface area (Å²) in [6.07, 6.45) is 8.20. The molecule has 4 aliphatic carbocycles. The van der Waals surface area contributed by atoms with Crippen molar-refractivity contribution in [2.24, 2.45) is 17.8 Å². The lowest BCUT2D eigenvalue weighted by molar-refractivity contribution is -0.0115. The van der Waals surface area contributed by atoms with Crippen LogP contribution < -0.4 is 9.47 Å². The molecule has 0 radical (unpaired) electrons. The fraction of sp³-hybridized carbons (Fsp3) is 0.769. The van der Waals surface area contributed by atoms with E-state index in [-0.39, 0.29) is 5.41 Å². The van der Waals surface area contributed by atoms with Crippen LogP contribution in [0.25, 0.3) is 0 Å². The van der Waals surface area contributed by atoms with E-state index < -0.39 is 0 Å². The molecule has 6 rings (SSSR count). The molecule has 0 saturated heterocycles. The van der Waals surface area contributed by atoms with E-state index in [2.05, 4.69) is 12.1 Å². The number of hydrogen-bond donors (Lipinski definition) is 0. The van der Waals surface area contributed by atoms with Crippen LogP contribution in [0.15, 0.2) is 18.2 Å². The third kappa shape index (κ3) is 5.24. The molecule has 6 nitrogen and oxygen atoms in total. The van der Waals surface area contributed by atoms with E-state index in [0.29, 0.717) is 66.1 Å². The predicted octanol–water partition coefficient (Wildman–Crippen LogP) is 3.99. The normalized spacial score (nSPS) is 34.6. The van der Waals surface area contributed by atoms with Gasteiger partial charge >= 0.3 is 0 Å². The van der Waals surface area contributed by atoms with Gasteiger partial charge in [-0.15, -0.1) is 0 Å². The van der Waals surface area contributed by atoms with E-state index in [9.17, 15) is 0 Å². The fourth-order valence-corrected chi connectivity index (χ4v) is 6.81. The van der Waals surface area contributed by atoms with Gasteiger partial charge in [0.15, 0.2) is 11.5 Å². The Hall–Kier alpha value is -1.34. The molecule has 1 aromatic carbocycles. The highest BCUT2D eigenvalue weighted by atomic mass is 16.6. The van der Waals surface area contributed by atoms with Crippen LogP contribution in [0.3, 0.4) is 0 Å². The minimum absolute atomic E-state index is 0.253. The first-order valence-electron chi connectivity index (χ1n) is 12.5. The summed E-state index contributed by atoms with van der Waals surface area (Å²) in [5.41, 5.74) is 1.62. The second-order valence-corrected chi connectivity index (χ2v) is 9.98. The molecule has 6 heteroatoms. The summed E-state index contributed by atoms with van der Waals surface area (Å²) in [4.78, 5) is 0. The topological polar surface area (TPSA) is 55.4 Å². The lowest BCUT2D eigenvalue weighted by atomic mass is 9.48. The summed E-state index contributed by atoms with van der Waals surface area (Å²) in [6.45, 7) is 5.49. The Kier molecular flexibility index (Phi) is 7.53. The summed E-state index contributed by atoms with van der Waals surface area (Å²) in [5, 5.41) is 0. The quantitative estimate of drug-likeness (QED) is 0.650. The van der Waals surface area contributed by atoms with Gasteiger partial charge in [-0.3, -0.25) is 0 Å². The van der Waals surface area contributed by atoms with Gasteiger partial charge in [0.05, 0.1) is 52.9 Å². The van der Waals surface area contributed by atoms with Crippen molar-refractivity contribution in [3.63, 3.8) is 0 Å². The largest absolute Gasteiger partial charge is 0.487 e. The first kappa shape index (κ1) is 22.5. The Morgan fingerprint density at radius 2 is 1.03 bits per heavy atom. The minimum atomic E-state index is 0.253. The average molecular weight is 447 g/mol. The molecule has 5 aliphatic rings. The fourth-order valence-electron chi connectivity index (χ4n) is 6.81. The van der Waals surface area contributed by atoms with E-state index >= 15 is 0 Å². The zero-order chi connectivity index (χ0) is 21.6. The summed E-state index contributed by atoms with van der Waals surface area (Å²) < 4.78 is 35.0. The van der Waals surface area contributed by atoms with Gasteiger partial charge in [-0.25, -0.2) is 0 Å². The smallest absolute Gasteiger partial charge is 0.165 e. The molecule has 0 unspecified atom stereocenters. The SMILES string of the molecule is c1cc2c(c(C34CC5CC(CC(C5)C3)C4)c1)OCCOCCOCCOCCOCCO2. The lowest BCUT2D eigenvalue weighted by Gasteiger charge is -2.57. The van der Waals surface area contributed by atoms with Gasteiger partial charge in [0, 0.05) is 5.56 Å². The number of para-hydroxylation sites is 1. The van der Waals surface area contributed by atoms with Crippen molar-refractivity contribution < 1.29 is 28.4 Å². The van der Waals surface area contributed by atoms with Crippen LogP contribution >= 0.6 is 0 Å². The van der Waals surface area contributed by atoms with Crippen molar-refractivity contribution in [2.45, 2.75) is 43.9 Å². The van der Waals surface area contributed by atoms with Crippen molar-refractivity contribution in [3.05, 3.63) is 23.8 Å². The van der Waals surface area contributed by atoms with Crippen LogP contribution in [-0.2, 0) is 24.4 Å². The van der Waals surface area contributed by atoms with Crippen LogP contribution in [0.4, 0.5) is 0 Å². The Morgan fingerprint density at radius 3 is 1.56 bits per heavy atom. The Bertz CT molecular complexity index is 700. The maximum atomic E-state index is 6.40. The van der Waals surface area contributed by atoms with Crippen LogP contribution in [0.5, 0.6) is 11.5 Å². The molecule has 0 aromatic heterocycles. The molecule has 0 amide bonds. The standard InChI is InChI=1S/C26H38O6/c1-2-23(26-17-20-14-21(18-26)16-22(15-20)19-26)25-24(3-1)31-12-10-29-8-6-27-4-5-28-7-9-30-11-13-32-25/h1-3,20-22H,4-19H2. The van der Waals surface area contributed by atoms with E-state index in [0.717, 1.165) is 29.3 Å². The van der Waals surface area contributed by atoms with Gasteiger partial charge in [0.2, 0.25) is 0 Å². The molecule has 4 fully saturated rings. The van der Waals surface area contributed by atoms with Gasteiger partial charge < -0.3 is 28.4 Å². The first-order valence-corrected chi connectivity index (χ1v) is 12.5. The van der Waals surface area contributed by atoms with Crippen molar-refractivity contribution in [2.75, 3.05) is 66.1 Å². The molecule has 0 spiro atoms. The van der Waals surface area contributed by atoms with Gasteiger partial charge in [-0.05, 0) is 67.8 Å². The molecule has 1 aliphatic heterocycles. The summed E-state index contributed by atoms with van der Waals surface area (Å²) in [5.74, 6) is 4.42. The highest BCUT2D eigenvalue weighted by Gasteiger charge is 2.52. The van der Waals surface area contributed by atoms with Crippen LogP contribution in [0, 0.1) is 17.8 Å². The second kappa shape index (κ2) is 10.7. The lowest BCUT2D eigenvalue weighted by Crippen LogP contribution is -2.48. The zero-order valence-electron chi connectivity index (χ0n) is 19.2. The molecule has 4 bridgehead atoms. The molecule has 32 heavy (non-hydrogen) atoms. The summed E-state index contributed by atoms with van der Waals surface area (Å²) in [6, 6.07) is 6.48. The summed E-state index contributed by atoms with van der Waals surface area (Å²) >= 11 is 0. The van der Waals surface area contributed by atoms with Crippen molar-refractivity contribution in [3.8, 4) is 11.5 Å². The maximum absolute atomic E-state index is 6.40. The molecule has 1 aromatic rings. The zero-order valence-corrected chi connectivity index (χ0v) is 19.2. The molecule has 0 N–H and O–H groups in total. The highest BCUT2D eigenvalue weighted by Crippen LogP contribution is 2.62. The predicted molar refractivity (Wildman–Crippen MR) is 121 cm³/mol. The van der Waals surface area contributed by atoms with Gasteiger partial charge in [0.1, 0.15) is 13.2 Å². The van der Waals surface area contributed by atoms with Gasteiger partial charge in [-0.1, -0.05) is 12.1 Å². The van der Waals surface area contributed by atoms with Crippen LogP contribution in [0.2, 0.25) is 0 Å². The first-order chi connectivity index (χ1) is 15.8. The number of fused-ring (bicyclic) bond motifs is 1. The molecular formula is C26H38O6. The van der Waals surface area contributed by atoms with Crippen LogP contribution in [-0.4, -0.2) is 66.1 Å². The van der Waals surface area contributed by atoms with E-state index in [1.807, 2.05) is 6.07 Å².